The van der Waals surface area contributed by atoms with Crippen molar-refractivity contribution in [2.45, 2.75) is 117 Å². The second-order valence-corrected chi connectivity index (χ2v) is 36.0. The molecule has 2 fully saturated rings. The minimum Gasteiger partial charge on any atom is -0.860 e. The Labute approximate surface area is 1100 Å². The molecule has 684 valence electrons. The molecule has 0 aromatic carbocycles. The van der Waals surface area contributed by atoms with Crippen LogP contribution in [0.4, 0.5) is 0 Å². The van der Waals surface area contributed by atoms with Crippen LogP contribution in [-0.2, 0) is 252 Å². The zero-order valence-corrected chi connectivity index (χ0v) is 113. The molecule has 0 aromatic rings. The van der Waals surface area contributed by atoms with Crippen molar-refractivity contribution < 1.29 is 777 Å². The Bertz CT molecular complexity index is 5130. The molecule has 2 aliphatic heterocycles. The number of hydrogen-bond donors (Lipinski definition) is 2. The molecule has 2 aliphatic rings. The third-order valence-corrected chi connectivity index (χ3v) is 18.6. The summed E-state index contributed by atoms with van der Waals surface area (Å²) in [6.07, 6.45) is -76.6. The van der Waals surface area contributed by atoms with Gasteiger partial charge in [-0.15, -0.1) is 0 Å². The van der Waals surface area contributed by atoms with Crippen LogP contribution in [0.5, 0.6) is 0 Å². The summed E-state index contributed by atoms with van der Waals surface area (Å²) in [5.41, 5.74) is 0. The molecule has 0 saturated carbocycles. The second-order valence-electron chi connectivity index (χ2n) is 19.6. The Morgan fingerprint density at radius 3 is 0.672 bits per heavy atom. The molecule has 0 amide bonds. The van der Waals surface area contributed by atoms with E-state index in [2.05, 4.69) is 76.9 Å². The zero-order chi connectivity index (χ0) is 90.1. The first kappa shape index (κ1) is 177. The van der Waals surface area contributed by atoms with E-state index in [0.29, 0.717) is 0 Å². The summed E-state index contributed by atoms with van der Waals surface area (Å²) in [6.45, 7) is -14.8. The van der Waals surface area contributed by atoms with Crippen LogP contribution in [0, 0.1) is 0 Å². The summed E-state index contributed by atoms with van der Waals surface area (Å²) in [4.78, 5) is 5.50. The van der Waals surface area contributed by atoms with Crippen molar-refractivity contribution >= 4 is 178 Å². The molecular weight excluding hydrogens is 2350 g/mol. The number of ether oxygens (including phenoxy) is 4. The van der Waals surface area contributed by atoms with Crippen molar-refractivity contribution in [1.29, 1.82) is 0 Å². The van der Waals surface area contributed by atoms with Crippen molar-refractivity contribution in [1.82, 2.24) is 0 Å². The Morgan fingerprint density at radius 1 is 0.267 bits per heavy atom. The van der Waals surface area contributed by atoms with Crippen LogP contribution in [0.1, 0.15) is 6.42 Å². The third kappa shape index (κ3) is 82.8. The molecule has 0 aliphatic carbocycles. The van der Waals surface area contributed by atoms with Gasteiger partial charge in [0.25, 0.3) is 0 Å². The van der Waals surface area contributed by atoms with Gasteiger partial charge in [0, 0.05) is 13.1 Å². The number of hydrogen-bond acceptors (Lipinski definition) is 70. The maximum Gasteiger partial charge on any atom is 1.00 e. The van der Waals surface area contributed by atoms with E-state index in [4.69, 9.17) is 18.9 Å². The van der Waals surface area contributed by atoms with Crippen molar-refractivity contribution in [2.75, 3.05) is 39.5 Å². The molecule has 72 nitrogen and oxygen atoms in total. The van der Waals surface area contributed by atoms with Gasteiger partial charge in [-0.3, -0.25) is 67.7 Å². The third-order valence-electron chi connectivity index (χ3n) is 11.4. The van der Waals surface area contributed by atoms with Crippen molar-refractivity contribution in [3.8, 4) is 0 Å². The van der Waals surface area contributed by atoms with E-state index in [-0.39, 0.29) is 473 Å². The molecule has 0 spiro atoms. The predicted octanol–water partition coefficient (Wildman–Crippen LogP) is -68.1. The Kier molecular flexibility index (Phi) is 98.9. The van der Waals surface area contributed by atoms with Crippen LogP contribution in [-0.4, -0.2) is 369 Å². The molecule has 0 aromatic heterocycles. The van der Waals surface area contributed by atoms with Gasteiger partial charge in [0.05, 0.1) is 26.4 Å². The van der Waals surface area contributed by atoms with E-state index in [1.54, 1.807) is 0 Å². The average molecular weight is 2390 g/mol. The average Bonchev–Trinajstić information content (AvgIpc) is 0.765. The molecule has 104 heteroatoms. The van der Waals surface area contributed by atoms with Crippen LogP contribution < -0.4 is 483 Å². The van der Waals surface area contributed by atoms with Crippen LogP contribution in [0.2, 0.25) is 0 Å². The Morgan fingerprint density at radius 2 is 0.481 bits per heavy atom. The van der Waals surface area contributed by atoms with Gasteiger partial charge in [-0.1, -0.05) is 0 Å². The van der Waals surface area contributed by atoms with Crippen molar-refractivity contribution in [2.24, 2.45) is 9.98 Å². The molecule has 1 unspecified atom stereocenters. The van der Waals surface area contributed by atoms with Crippen LogP contribution in [0.15, 0.2) is 9.98 Å². The zero-order valence-electron chi connectivity index (χ0n) is 68.4. The van der Waals surface area contributed by atoms with Gasteiger partial charge in [0.15, 0.2) is 24.8 Å². The molecule has 0 bridgehead atoms. The minimum atomic E-state index is -7.33. The fourth-order valence-electron chi connectivity index (χ4n) is 8.23. The summed E-state index contributed by atoms with van der Waals surface area (Å²) < 4.78 is 651. The molecule has 2 saturated heterocycles. The van der Waals surface area contributed by atoms with E-state index >= 15 is 0 Å². The van der Waals surface area contributed by atoms with Gasteiger partial charge in [-0.25, -0.2) is 126 Å². The number of aliphatic imine (C=N–C) groups is 2. The van der Waals surface area contributed by atoms with Crippen LogP contribution >= 0.6 is 0 Å². The number of rotatable bonds is 52. The monoisotopic (exact) mass is 2390 g/mol. The predicted molar refractivity (Wildman–Crippen MR) is 297 cm³/mol. The van der Waals surface area contributed by atoms with E-state index in [1.807, 2.05) is 0 Å². The maximum absolute atomic E-state index is 14.0. The molecule has 2 N–H and O–H groups in total. The van der Waals surface area contributed by atoms with Gasteiger partial charge >= 0.3 is 494 Å². The largest absolute Gasteiger partial charge is 1.00 e. The normalized spacial score (nSPS) is 21.7. The van der Waals surface area contributed by atoms with Gasteiger partial charge in [-0.05, 0) is 18.2 Å². The maximum atomic E-state index is 14.0. The topological polar surface area (TPSA) is 1160 Å². The van der Waals surface area contributed by atoms with Gasteiger partial charge in [0.1, 0.15) is 85.5 Å². The molecule has 2 heterocycles. The fourth-order valence-corrected chi connectivity index (χ4v) is 15.2. The smallest absolute Gasteiger partial charge is 0.860 e. The van der Waals surface area contributed by atoms with Gasteiger partial charge in [-0.2, -0.15) is 16.8 Å². The molecule has 131 heavy (non-hydrogen) atoms. The fraction of sp³-hybridized carbons (Fsp3) is 0.926. The van der Waals surface area contributed by atoms with E-state index in [9.17, 15) is 218 Å². The first-order chi connectivity index (χ1) is 50.8. The SMILES string of the molecule is O=S(=O)([O-])OC[C@H](OS(=O)(=O)[O-])[C@H](O[C@H]1O[C@H](COS(=O)(=O)[O-])[C@H](OS(=O)(=O)[O-])[C@H](OS(=O)(=O)[O-])[C@@H]1OS(=O)(=O)O)[C@H](OS(=O)(=O)[O-])[C@@H](OS(=O)(=O)[O-])C([O-])=NCCCN=C([O-])[C@@H](OS(=O)(=O)[O-])[C@@H](OS(=O)(=O)[O-])[C@@H](O[C@@H]1O[C@@H](COS(=O)(=O)[O-])[C@H](OS(=O)(=O)[O-])[C@H](OS(=O)(=O)[O-])C1OS(=O)(=O)O)[C@@H](COS(=O)(=O)[O-])OS(=O)(=O)[O-].[Na+].[Na+].[Na+].[Na+].[Na+].[Na+].[Na+].[Na+].[Na+].[Na+].[Na+].[Na+].[Na+].[Na+].[Na+].[Na+]. The van der Waals surface area contributed by atoms with E-state index < -0.39 is 334 Å². The van der Waals surface area contributed by atoms with E-state index in [0.717, 1.165) is 0 Å². The molecule has 18 atom stereocenters. The second kappa shape index (κ2) is 73.3. The number of nitrogens with zero attached hydrogens (tertiary/aromatic N) is 2. The molecule has 0 radical (unpaired) electrons. The summed E-state index contributed by atoms with van der Waals surface area (Å²) in [6, 6.07) is 0. The molecule has 2 rings (SSSR count). The minimum absolute atomic E-state index is 0. The van der Waals surface area contributed by atoms with Crippen molar-refractivity contribution in [3.63, 3.8) is 0 Å². The standard InChI is InChI=1S/C27H50N2O70S16.16Na/c30-24(20(96-112(68,69)70)16(92-108(56,57)58)12(10(88-104(44,45)46)6-82-102(38,39)40)86-26-22(98-114(74,75)76)18(94-110(62,63)64)14(90-106(50,51)52)8(84-26)4-80-100(32,33)34)28-2-1-3-29-25(31)21(97-113(71,72)73)17(93-109(59,60)61)13(11(89-105(47,48)49)7-83-103(41,42)43)87-27-23(99-115(77,78)79)19(95-111(65,66)67)15(91-107(53,54)55)9(85-27)5-81-101(35,36)37;;;;;;;;;;;;;;;;/h8-23,26-27H,1-7H2,(H,28,30)(H,29,31)(H,32,33,34)(H,35,36,37)(H,38,39,40)(H,41,42,43)(H,44,45,46)(H,47,48,49)(H,50,51,52)(H,53,54,55)(H,56,57,58)(H,59,60,61)(H,62,63,64)(H,65,66,67)(H,68,69,70)(H,71,72,73)(H,74,75,76)(H,77,78,79);;;;;;;;;;;;;;;;/q;16*+1/p-16/t8-,9+,10+,11-,12-,13-,14-,15-,16-,17-,18-,19-,20-,21+,22?,23-,26-,27+;;;;;;;;;;;;;;;;/m0................/s1. The van der Waals surface area contributed by atoms with E-state index in [1.165, 1.54) is 0 Å². The summed E-state index contributed by atoms with van der Waals surface area (Å²) in [5.74, 6) is -6.15. The van der Waals surface area contributed by atoms with Crippen molar-refractivity contribution in [3.05, 3.63) is 0 Å². The van der Waals surface area contributed by atoms with Gasteiger partial charge in [0.2, 0.25) is 146 Å². The molecular formula is C27H34N2Na16O70S16. The summed E-state index contributed by atoms with van der Waals surface area (Å²) in [5, 5.41) is 28.0. The first-order valence-corrected chi connectivity index (χ1v) is 47.3. The van der Waals surface area contributed by atoms with Crippen LogP contribution in [0.25, 0.3) is 0 Å². The summed E-state index contributed by atoms with van der Waals surface area (Å²) in [7, 11) is -110. The quantitative estimate of drug-likeness (QED) is 0.0143. The Hall–Kier alpha value is 12.7. The van der Waals surface area contributed by atoms with Gasteiger partial charge < -0.3 is 103 Å². The summed E-state index contributed by atoms with van der Waals surface area (Å²) >= 11 is 0. The Balaban J connectivity index is -0.000000647. The van der Waals surface area contributed by atoms with Crippen LogP contribution in [0.3, 0.4) is 0 Å². The first-order valence-electron chi connectivity index (χ1n) is 25.9.